The number of aliphatic hydroxyl groups excluding tert-OH is 1. The number of rotatable bonds is 8. The largest absolute Gasteiger partial charge is 0.481 e. The van der Waals surface area contributed by atoms with Gasteiger partial charge in [0.1, 0.15) is 12.4 Å². The van der Waals surface area contributed by atoms with E-state index < -0.39 is 0 Å². The van der Waals surface area contributed by atoms with Gasteiger partial charge in [0, 0.05) is 19.1 Å². The first-order valence-electron chi connectivity index (χ1n) is 8.88. The summed E-state index contributed by atoms with van der Waals surface area (Å²) in [5, 5.41) is 13.7. The summed E-state index contributed by atoms with van der Waals surface area (Å²) in [6.07, 6.45) is 7.33. The van der Waals surface area contributed by atoms with Gasteiger partial charge in [-0.2, -0.15) is 0 Å². The maximum atomic E-state index is 10.3. The summed E-state index contributed by atoms with van der Waals surface area (Å²) in [6.45, 7) is 8.26. The number of terminal acetylenes is 1. The average Bonchev–Trinajstić information content (AvgIpc) is 2.60. The van der Waals surface area contributed by atoms with Crippen molar-refractivity contribution in [1.29, 1.82) is 0 Å². The molecule has 2 N–H and O–H groups in total. The van der Waals surface area contributed by atoms with Crippen LogP contribution in [0.25, 0.3) is 0 Å². The minimum atomic E-state index is -0.334. The predicted molar refractivity (Wildman–Crippen MR) is 98.0 cm³/mol. The molecule has 1 aliphatic heterocycles. The number of nitrogens with zero attached hydrogens (tertiary/aromatic N) is 1. The zero-order valence-corrected chi connectivity index (χ0v) is 14.9. The van der Waals surface area contributed by atoms with Gasteiger partial charge >= 0.3 is 0 Å². The van der Waals surface area contributed by atoms with Gasteiger partial charge in [0.05, 0.1) is 6.10 Å². The molecule has 1 saturated heterocycles. The minimum Gasteiger partial charge on any atom is -0.481 e. The van der Waals surface area contributed by atoms with E-state index in [4.69, 9.17) is 11.2 Å². The number of benzene rings is 1. The van der Waals surface area contributed by atoms with Gasteiger partial charge < -0.3 is 20.1 Å². The normalized spacial score (nSPS) is 18.8. The molecule has 1 aromatic carbocycles. The molecule has 0 saturated carbocycles. The molecule has 0 aliphatic carbocycles. The van der Waals surface area contributed by atoms with Crippen molar-refractivity contribution in [2.75, 3.05) is 32.8 Å². The van der Waals surface area contributed by atoms with Crippen molar-refractivity contribution in [3.05, 3.63) is 29.8 Å². The lowest BCUT2D eigenvalue weighted by Crippen LogP contribution is -2.42. The molecule has 132 valence electrons. The molecule has 2 unspecified atom stereocenters. The van der Waals surface area contributed by atoms with Crippen LogP contribution in [0.15, 0.2) is 24.3 Å². The summed E-state index contributed by atoms with van der Waals surface area (Å²) in [6, 6.07) is 8.10. The second-order valence-electron chi connectivity index (χ2n) is 6.83. The highest BCUT2D eigenvalue weighted by Gasteiger charge is 2.18. The molecule has 0 aromatic heterocycles. The number of aliphatic hydroxyl groups is 1. The number of likely N-dealkylation sites (tertiary alicyclic amines) is 1. The van der Waals surface area contributed by atoms with Crippen molar-refractivity contribution in [3.8, 4) is 18.1 Å². The Bertz CT molecular complexity index is 515. The Labute approximate surface area is 146 Å². The molecule has 1 fully saturated rings. The van der Waals surface area contributed by atoms with Crippen molar-refractivity contribution >= 4 is 0 Å². The monoisotopic (exact) mass is 330 g/mol. The summed E-state index contributed by atoms with van der Waals surface area (Å²) in [5.74, 6) is 4.06. The van der Waals surface area contributed by atoms with Gasteiger partial charge in [-0.1, -0.05) is 25.0 Å². The highest BCUT2D eigenvalue weighted by Crippen LogP contribution is 2.18. The molecule has 2 rings (SSSR count). The van der Waals surface area contributed by atoms with E-state index in [0.29, 0.717) is 6.54 Å². The van der Waals surface area contributed by atoms with Gasteiger partial charge in [-0.05, 0) is 56.5 Å². The van der Waals surface area contributed by atoms with Crippen LogP contribution in [0.5, 0.6) is 5.75 Å². The summed E-state index contributed by atoms with van der Waals surface area (Å²) >= 11 is 0. The number of piperidine rings is 1. The molecule has 0 radical (unpaired) electrons. The fourth-order valence-corrected chi connectivity index (χ4v) is 3.02. The van der Waals surface area contributed by atoms with E-state index in [1.165, 1.54) is 18.4 Å². The standard InChI is InChI=1S/C20H30N2O2/c1-4-13-24-20-7-5-18(6-8-20)17(3)21-14-19(23)15-22-11-9-16(2)10-12-22/h1,5-8,16-17,19,21,23H,9-15H2,2-3H3. The van der Waals surface area contributed by atoms with Crippen LogP contribution < -0.4 is 10.1 Å². The van der Waals surface area contributed by atoms with Gasteiger partial charge in [0.15, 0.2) is 0 Å². The molecular formula is C20H30N2O2. The van der Waals surface area contributed by atoms with Crippen LogP contribution in [-0.2, 0) is 0 Å². The van der Waals surface area contributed by atoms with E-state index >= 15 is 0 Å². The fraction of sp³-hybridized carbons (Fsp3) is 0.600. The van der Waals surface area contributed by atoms with Crippen LogP contribution in [0.3, 0.4) is 0 Å². The molecule has 4 nitrogen and oxygen atoms in total. The smallest absolute Gasteiger partial charge is 0.148 e. The van der Waals surface area contributed by atoms with Crippen molar-refractivity contribution in [1.82, 2.24) is 10.2 Å². The van der Waals surface area contributed by atoms with Gasteiger partial charge in [0.2, 0.25) is 0 Å². The second-order valence-corrected chi connectivity index (χ2v) is 6.83. The van der Waals surface area contributed by atoms with E-state index in [0.717, 1.165) is 31.3 Å². The first-order valence-corrected chi connectivity index (χ1v) is 8.88. The number of hydrogen-bond acceptors (Lipinski definition) is 4. The number of β-amino-alcohol motifs (C(OH)–C–C–N with tert-alkyl or cyclic N) is 1. The molecule has 1 heterocycles. The highest BCUT2D eigenvalue weighted by atomic mass is 16.5. The SMILES string of the molecule is C#CCOc1ccc(C(C)NCC(O)CN2CCC(C)CC2)cc1. The summed E-state index contributed by atoms with van der Waals surface area (Å²) in [4.78, 5) is 2.37. The number of nitrogens with one attached hydrogen (secondary N) is 1. The predicted octanol–water partition coefficient (Wildman–Crippen LogP) is 2.44. The molecule has 4 heteroatoms. The Morgan fingerprint density at radius 2 is 2.00 bits per heavy atom. The van der Waals surface area contributed by atoms with Gasteiger partial charge in [-0.15, -0.1) is 6.42 Å². The lowest BCUT2D eigenvalue weighted by molar-refractivity contribution is 0.0892. The average molecular weight is 330 g/mol. The van der Waals surface area contributed by atoms with Crippen LogP contribution in [-0.4, -0.2) is 48.9 Å². The third-order valence-corrected chi connectivity index (χ3v) is 4.71. The molecule has 1 aliphatic rings. The number of hydrogen-bond donors (Lipinski definition) is 2. The topological polar surface area (TPSA) is 44.7 Å². The van der Waals surface area contributed by atoms with Crippen molar-refractivity contribution in [3.63, 3.8) is 0 Å². The molecular weight excluding hydrogens is 300 g/mol. The Kier molecular flexibility index (Phi) is 7.58. The van der Waals surface area contributed by atoms with Crippen LogP contribution >= 0.6 is 0 Å². The molecule has 0 bridgehead atoms. The zero-order valence-electron chi connectivity index (χ0n) is 14.9. The first kappa shape index (κ1) is 18.8. The second kappa shape index (κ2) is 9.68. The van der Waals surface area contributed by atoms with Crippen molar-refractivity contribution < 1.29 is 9.84 Å². The third-order valence-electron chi connectivity index (χ3n) is 4.71. The van der Waals surface area contributed by atoms with Crippen LogP contribution in [0.2, 0.25) is 0 Å². The van der Waals surface area contributed by atoms with Gasteiger partial charge in [-0.3, -0.25) is 0 Å². The maximum absolute atomic E-state index is 10.3. The first-order chi connectivity index (χ1) is 11.6. The van der Waals surface area contributed by atoms with Gasteiger partial charge in [0.25, 0.3) is 0 Å². The fourth-order valence-electron chi connectivity index (χ4n) is 3.02. The highest BCUT2D eigenvalue weighted by molar-refractivity contribution is 5.29. The molecule has 0 amide bonds. The van der Waals surface area contributed by atoms with Crippen LogP contribution in [0, 0.1) is 18.3 Å². The minimum absolute atomic E-state index is 0.183. The quantitative estimate of drug-likeness (QED) is 0.719. The Morgan fingerprint density at radius 1 is 1.33 bits per heavy atom. The van der Waals surface area contributed by atoms with Crippen molar-refractivity contribution in [2.24, 2.45) is 5.92 Å². The summed E-state index contributed by atoms with van der Waals surface area (Å²) < 4.78 is 5.38. The van der Waals surface area contributed by atoms with Crippen molar-refractivity contribution in [2.45, 2.75) is 38.8 Å². The van der Waals surface area contributed by atoms with Crippen LogP contribution in [0.1, 0.15) is 38.3 Å². The molecule has 1 aromatic rings. The van der Waals surface area contributed by atoms with E-state index in [9.17, 15) is 5.11 Å². The Morgan fingerprint density at radius 3 is 2.62 bits per heavy atom. The van der Waals surface area contributed by atoms with E-state index in [2.05, 4.69) is 30.0 Å². The molecule has 0 spiro atoms. The lowest BCUT2D eigenvalue weighted by atomic mass is 9.99. The van der Waals surface area contributed by atoms with E-state index in [1.807, 2.05) is 24.3 Å². The zero-order chi connectivity index (χ0) is 17.4. The lowest BCUT2D eigenvalue weighted by Gasteiger charge is -2.32. The van der Waals surface area contributed by atoms with E-state index in [1.54, 1.807) is 0 Å². The van der Waals surface area contributed by atoms with E-state index in [-0.39, 0.29) is 18.8 Å². The Hall–Kier alpha value is -1.54. The van der Waals surface area contributed by atoms with Crippen LogP contribution in [0.4, 0.5) is 0 Å². The summed E-state index contributed by atoms with van der Waals surface area (Å²) in [7, 11) is 0. The number of ether oxygens (including phenoxy) is 1. The summed E-state index contributed by atoms with van der Waals surface area (Å²) in [5.41, 5.74) is 1.17. The molecule has 24 heavy (non-hydrogen) atoms. The maximum Gasteiger partial charge on any atom is 0.148 e. The molecule has 2 atom stereocenters. The third kappa shape index (κ3) is 6.16. The van der Waals surface area contributed by atoms with Gasteiger partial charge in [-0.25, -0.2) is 0 Å². The Balaban J connectivity index is 1.71.